The molecule has 0 saturated carbocycles. The molecule has 19 heavy (non-hydrogen) atoms. The van der Waals surface area contributed by atoms with Gasteiger partial charge in [0.2, 0.25) is 0 Å². The van der Waals surface area contributed by atoms with Crippen LogP contribution < -0.4 is 5.32 Å². The van der Waals surface area contributed by atoms with Gasteiger partial charge in [-0.1, -0.05) is 0 Å². The molecule has 0 aromatic carbocycles. The summed E-state index contributed by atoms with van der Waals surface area (Å²) in [5, 5.41) is 3.24. The van der Waals surface area contributed by atoms with E-state index in [0.717, 1.165) is 13.1 Å². The van der Waals surface area contributed by atoms with Gasteiger partial charge in [-0.05, 0) is 39.4 Å². The first-order chi connectivity index (χ1) is 9.10. The van der Waals surface area contributed by atoms with Gasteiger partial charge < -0.3 is 5.32 Å². The van der Waals surface area contributed by atoms with Gasteiger partial charge >= 0.3 is 0 Å². The SMILES string of the molecule is CNCc1cc(CN2CCN(C(C)C)CC2)c(C)s1. The highest BCUT2D eigenvalue weighted by molar-refractivity contribution is 7.12. The molecule has 1 aliphatic rings. The maximum absolute atomic E-state index is 3.24. The predicted octanol–water partition coefficient (Wildman–Crippen LogP) is 2.30. The minimum atomic E-state index is 0.687. The van der Waals surface area contributed by atoms with Gasteiger partial charge in [0.15, 0.2) is 0 Å². The van der Waals surface area contributed by atoms with Crippen LogP contribution in [0.1, 0.15) is 29.2 Å². The molecule has 0 spiro atoms. The maximum Gasteiger partial charge on any atom is 0.0296 e. The summed E-state index contributed by atoms with van der Waals surface area (Å²) in [6.45, 7) is 13.8. The Bertz CT molecular complexity index is 392. The zero-order valence-corrected chi connectivity index (χ0v) is 13.5. The Balaban J connectivity index is 1.88. The lowest BCUT2D eigenvalue weighted by Crippen LogP contribution is -2.48. The number of piperazine rings is 1. The fraction of sp³-hybridized carbons (Fsp3) is 0.733. The van der Waals surface area contributed by atoms with Crippen LogP contribution in [0.15, 0.2) is 6.07 Å². The Hall–Kier alpha value is -0.420. The topological polar surface area (TPSA) is 18.5 Å². The lowest BCUT2D eigenvalue weighted by molar-refractivity contribution is 0.104. The molecule has 1 saturated heterocycles. The zero-order chi connectivity index (χ0) is 13.8. The Morgan fingerprint density at radius 3 is 2.53 bits per heavy atom. The molecule has 1 aliphatic heterocycles. The van der Waals surface area contributed by atoms with Crippen LogP contribution in [-0.4, -0.2) is 49.1 Å². The van der Waals surface area contributed by atoms with Crippen LogP contribution in [0.5, 0.6) is 0 Å². The number of aryl methyl sites for hydroxylation is 1. The van der Waals surface area contributed by atoms with Crippen molar-refractivity contribution in [2.24, 2.45) is 0 Å². The second-order valence-electron chi connectivity index (χ2n) is 5.73. The largest absolute Gasteiger partial charge is 0.315 e. The molecule has 1 aromatic heterocycles. The van der Waals surface area contributed by atoms with E-state index >= 15 is 0 Å². The minimum absolute atomic E-state index is 0.687. The van der Waals surface area contributed by atoms with Gasteiger partial charge in [-0.25, -0.2) is 0 Å². The van der Waals surface area contributed by atoms with Crippen LogP contribution in [0.2, 0.25) is 0 Å². The van der Waals surface area contributed by atoms with Crippen molar-refractivity contribution in [3.05, 3.63) is 21.4 Å². The van der Waals surface area contributed by atoms with E-state index in [2.05, 4.69) is 42.0 Å². The molecule has 3 nitrogen and oxygen atoms in total. The number of hydrogen-bond acceptors (Lipinski definition) is 4. The van der Waals surface area contributed by atoms with Gasteiger partial charge in [-0.2, -0.15) is 0 Å². The van der Waals surface area contributed by atoms with Crippen molar-refractivity contribution in [2.75, 3.05) is 33.2 Å². The monoisotopic (exact) mass is 281 g/mol. The van der Waals surface area contributed by atoms with Gasteiger partial charge in [0.25, 0.3) is 0 Å². The van der Waals surface area contributed by atoms with Crippen LogP contribution in [0.3, 0.4) is 0 Å². The van der Waals surface area contributed by atoms with Gasteiger partial charge in [0.05, 0.1) is 0 Å². The quantitative estimate of drug-likeness (QED) is 0.893. The van der Waals surface area contributed by atoms with E-state index in [9.17, 15) is 0 Å². The Morgan fingerprint density at radius 2 is 1.95 bits per heavy atom. The lowest BCUT2D eigenvalue weighted by Gasteiger charge is -2.36. The first-order valence-electron chi connectivity index (χ1n) is 7.29. The molecule has 4 heteroatoms. The number of thiophene rings is 1. The second-order valence-corrected chi connectivity index (χ2v) is 7.07. The first-order valence-corrected chi connectivity index (χ1v) is 8.11. The van der Waals surface area contributed by atoms with Crippen molar-refractivity contribution in [3.63, 3.8) is 0 Å². The summed E-state index contributed by atoms with van der Waals surface area (Å²) < 4.78 is 0. The molecule has 0 aliphatic carbocycles. The van der Waals surface area contributed by atoms with Gasteiger partial charge in [-0.3, -0.25) is 9.80 Å². The standard InChI is InChI=1S/C15H27N3S/c1-12(2)18-7-5-17(6-8-18)11-14-9-15(10-16-4)19-13(14)3/h9,12,16H,5-8,10-11H2,1-4H3. The average molecular weight is 281 g/mol. The zero-order valence-electron chi connectivity index (χ0n) is 12.7. The van der Waals surface area contributed by atoms with Gasteiger partial charge in [0.1, 0.15) is 0 Å². The number of rotatable bonds is 5. The third kappa shape index (κ3) is 4.02. The Labute approximate surface area is 121 Å². The number of hydrogen-bond donors (Lipinski definition) is 1. The van der Waals surface area contributed by atoms with E-state index in [-0.39, 0.29) is 0 Å². The van der Waals surface area contributed by atoms with Crippen molar-refractivity contribution in [1.82, 2.24) is 15.1 Å². The van der Waals surface area contributed by atoms with E-state index in [0.29, 0.717) is 6.04 Å². The maximum atomic E-state index is 3.24. The summed E-state index contributed by atoms with van der Waals surface area (Å²) in [6, 6.07) is 3.07. The molecule has 1 fully saturated rings. The molecule has 0 atom stereocenters. The van der Waals surface area contributed by atoms with Crippen molar-refractivity contribution >= 4 is 11.3 Å². The third-order valence-corrected chi connectivity index (χ3v) is 5.05. The van der Waals surface area contributed by atoms with E-state index in [1.807, 2.05) is 18.4 Å². The summed E-state index contributed by atoms with van der Waals surface area (Å²) >= 11 is 1.93. The summed E-state index contributed by atoms with van der Waals surface area (Å²) in [5.41, 5.74) is 1.52. The minimum Gasteiger partial charge on any atom is -0.315 e. The molecule has 0 amide bonds. The van der Waals surface area contributed by atoms with Crippen LogP contribution >= 0.6 is 11.3 Å². The smallest absolute Gasteiger partial charge is 0.0296 e. The van der Waals surface area contributed by atoms with E-state index in [1.165, 1.54) is 41.5 Å². The van der Waals surface area contributed by atoms with Crippen LogP contribution in [0.4, 0.5) is 0 Å². The van der Waals surface area contributed by atoms with Crippen LogP contribution in [0.25, 0.3) is 0 Å². The van der Waals surface area contributed by atoms with Gasteiger partial charge in [-0.15, -0.1) is 11.3 Å². The molecule has 2 heterocycles. The molecular weight excluding hydrogens is 254 g/mol. The Morgan fingerprint density at radius 1 is 1.26 bits per heavy atom. The van der Waals surface area contributed by atoms with Gasteiger partial charge in [0, 0.05) is 55.1 Å². The molecule has 108 valence electrons. The number of nitrogens with zero attached hydrogens (tertiary/aromatic N) is 2. The van der Waals surface area contributed by atoms with E-state index < -0.39 is 0 Å². The molecule has 2 rings (SSSR count). The fourth-order valence-electron chi connectivity index (χ4n) is 2.68. The summed E-state index contributed by atoms with van der Waals surface area (Å²) in [6.07, 6.45) is 0. The molecular formula is C15H27N3S. The number of nitrogens with one attached hydrogen (secondary N) is 1. The highest BCUT2D eigenvalue weighted by atomic mass is 32.1. The van der Waals surface area contributed by atoms with Crippen molar-refractivity contribution < 1.29 is 0 Å². The Kier molecular flexibility index (Phi) is 5.39. The summed E-state index contributed by atoms with van der Waals surface area (Å²) in [7, 11) is 2.01. The molecule has 1 N–H and O–H groups in total. The third-order valence-electron chi connectivity index (χ3n) is 3.95. The molecule has 0 bridgehead atoms. The van der Waals surface area contributed by atoms with E-state index in [4.69, 9.17) is 0 Å². The van der Waals surface area contributed by atoms with Crippen molar-refractivity contribution in [2.45, 2.75) is 39.9 Å². The van der Waals surface area contributed by atoms with Crippen molar-refractivity contribution in [3.8, 4) is 0 Å². The highest BCUT2D eigenvalue weighted by Gasteiger charge is 2.19. The molecule has 1 aromatic rings. The summed E-state index contributed by atoms with van der Waals surface area (Å²) in [4.78, 5) is 8.10. The first kappa shape index (κ1) is 15.0. The average Bonchev–Trinajstić information content (AvgIpc) is 2.71. The summed E-state index contributed by atoms with van der Waals surface area (Å²) in [5.74, 6) is 0. The van der Waals surface area contributed by atoms with E-state index in [1.54, 1.807) is 0 Å². The van der Waals surface area contributed by atoms with Crippen LogP contribution in [-0.2, 0) is 13.1 Å². The highest BCUT2D eigenvalue weighted by Crippen LogP contribution is 2.23. The van der Waals surface area contributed by atoms with Crippen molar-refractivity contribution in [1.29, 1.82) is 0 Å². The predicted molar refractivity (Wildman–Crippen MR) is 83.8 cm³/mol. The fourth-order valence-corrected chi connectivity index (χ4v) is 3.75. The lowest BCUT2D eigenvalue weighted by atomic mass is 10.2. The molecule has 0 unspecified atom stereocenters. The normalized spacial score (nSPS) is 18.4. The second kappa shape index (κ2) is 6.84. The molecule has 0 radical (unpaired) electrons. The van der Waals surface area contributed by atoms with Crippen LogP contribution in [0, 0.1) is 6.92 Å².